The Labute approximate surface area is 200 Å². The maximum absolute atomic E-state index is 12.5. The number of hydrogen-bond acceptors (Lipinski definition) is 4. The maximum atomic E-state index is 12.5. The molecule has 0 spiro atoms. The number of carbonyl (C=O) groups is 1. The SMILES string of the molecule is O=C(CSCc1c(Cl)cccc1Cl)Nc1ccc(S(=O)(=O)Nc2cccc(Cl)c2)cc1. The van der Waals surface area contributed by atoms with Gasteiger partial charge in [-0.25, -0.2) is 8.42 Å². The lowest BCUT2D eigenvalue weighted by Gasteiger charge is -2.10. The topological polar surface area (TPSA) is 75.3 Å². The second-order valence-corrected chi connectivity index (χ2v) is 10.3. The van der Waals surface area contributed by atoms with Crippen LogP contribution in [-0.4, -0.2) is 20.1 Å². The molecule has 3 aromatic carbocycles. The molecule has 0 fully saturated rings. The van der Waals surface area contributed by atoms with E-state index < -0.39 is 10.0 Å². The van der Waals surface area contributed by atoms with Crippen molar-refractivity contribution in [2.75, 3.05) is 15.8 Å². The minimum Gasteiger partial charge on any atom is -0.325 e. The number of hydrogen-bond donors (Lipinski definition) is 2. The summed E-state index contributed by atoms with van der Waals surface area (Å²) in [5, 5.41) is 4.28. The van der Waals surface area contributed by atoms with E-state index in [-0.39, 0.29) is 16.6 Å². The summed E-state index contributed by atoms with van der Waals surface area (Å²) >= 11 is 19.5. The summed E-state index contributed by atoms with van der Waals surface area (Å²) < 4.78 is 27.5. The molecule has 31 heavy (non-hydrogen) atoms. The fourth-order valence-electron chi connectivity index (χ4n) is 2.60. The van der Waals surface area contributed by atoms with E-state index in [2.05, 4.69) is 10.0 Å². The minimum atomic E-state index is -3.78. The number of amides is 1. The van der Waals surface area contributed by atoms with Gasteiger partial charge in [-0.05, 0) is 60.2 Å². The minimum absolute atomic E-state index is 0.0632. The molecule has 0 unspecified atom stereocenters. The van der Waals surface area contributed by atoms with E-state index in [0.29, 0.717) is 32.2 Å². The van der Waals surface area contributed by atoms with Crippen molar-refractivity contribution in [2.45, 2.75) is 10.6 Å². The van der Waals surface area contributed by atoms with Crippen molar-refractivity contribution in [1.82, 2.24) is 0 Å². The number of nitrogens with one attached hydrogen (secondary N) is 2. The van der Waals surface area contributed by atoms with Crippen LogP contribution in [0.25, 0.3) is 0 Å². The van der Waals surface area contributed by atoms with Gasteiger partial charge in [-0.3, -0.25) is 9.52 Å². The van der Waals surface area contributed by atoms with Gasteiger partial charge in [0.15, 0.2) is 0 Å². The van der Waals surface area contributed by atoms with Crippen LogP contribution in [0, 0.1) is 0 Å². The average Bonchev–Trinajstić information content (AvgIpc) is 2.70. The lowest BCUT2D eigenvalue weighted by atomic mass is 10.2. The van der Waals surface area contributed by atoms with Gasteiger partial charge in [-0.15, -0.1) is 11.8 Å². The number of sulfonamides is 1. The molecule has 1 amide bonds. The molecule has 2 N–H and O–H groups in total. The lowest BCUT2D eigenvalue weighted by Crippen LogP contribution is -2.15. The lowest BCUT2D eigenvalue weighted by molar-refractivity contribution is -0.113. The zero-order chi connectivity index (χ0) is 22.4. The Hall–Kier alpha value is -1.90. The van der Waals surface area contributed by atoms with E-state index in [1.165, 1.54) is 42.1 Å². The van der Waals surface area contributed by atoms with Crippen molar-refractivity contribution in [3.8, 4) is 0 Å². The van der Waals surface area contributed by atoms with Crippen molar-refractivity contribution in [3.63, 3.8) is 0 Å². The van der Waals surface area contributed by atoms with Gasteiger partial charge in [0.05, 0.1) is 16.3 Å². The molecule has 0 heterocycles. The number of thioether (sulfide) groups is 1. The average molecular weight is 516 g/mol. The second kappa shape index (κ2) is 10.6. The van der Waals surface area contributed by atoms with Crippen LogP contribution in [0.1, 0.15) is 5.56 Å². The van der Waals surface area contributed by atoms with Crippen molar-refractivity contribution in [1.29, 1.82) is 0 Å². The molecule has 0 saturated heterocycles. The Morgan fingerprint density at radius 3 is 2.16 bits per heavy atom. The zero-order valence-electron chi connectivity index (χ0n) is 15.9. The first kappa shape index (κ1) is 23.8. The van der Waals surface area contributed by atoms with Gasteiger partial charge in [0.1, 0.15) is 0 Å². The molecule has 0 aliphatic heterocycles. The van der Waals surface area contributed by atoms with Crippen LogP contribution in [0.2, 0.25) is 15.1 Å². The fourth-order valence-corrected chi connectivity index (χ4v) is 5.40. The highest BCUT2D eigenvalue weighted by atomic mass is 35.5. The summed E-state index contributed by atoms with van der Waals surface area (Å²) in [5.41, 5.74) is 1.63. The smallest absolute Gasteiger partial charge is 0.261 e. The Bertz CT molecular complexity index is 1170. The van der Waals surface area contributed by atoms with Gasteiger partial charge >= 0.3 is 0 Å². The van der Waals surface area contributed by atoms with Gasteiger partial charge in [-0.2, -0.15) is 0 Å². The molecule has 0 aromatic heterocycles. The Balaban J connectivity index is 1.55. The van der Waals surface area contributed by atoms with Crippen molar-refractivity contribution in [3.05, 3.63) is 87.4 Å². The van der Waals surface area contributed by atoms with E-state index in [1.54, 1.807) is 36.4 Å². The molecule has 162 valence electrons. The normalized spacial score (nSPS) is 11.2. The van der Waals surface area contributed by atoms with Crippen LogP contribution in [0.5, 0.6) is 0 Å². The van der Waals surface area contributed by atoms with Crippen LogP contribution in [0.3, 0.4) is 0 Å². The standard InChI is InChI=1S/C21H17Cl3N2O3S2/c22-14-3-1-4-16(11-14)26-31(28,29)17-9-7-15(8-10-17)25-21(27)13-30-12-18-19(23)5-2-6-20(18)24/h1-11,26H,12-13H2,(H,25,27). The predicted octanol–water partition coefficient (Wildman–Crippen LogP) is 6.32. The molecular formula is C21H17Cl3N2O3S2. The highest BCUT2D eigenvalue weighted by molar-refractivity contribution is 7.99. The molecule has 0 radical (unpaired) electrons. The quantitative estimate of drug-likeness (QED) is 0.368. The van der Waals surface area contributed by atoms with E-state index in [1.807, 2.05) is 0 Å². The van der Waals surface area contributed by atoms with Crippen LogP contribution < -0.4 is 10.0 Å². The monoisotopic (exact) mass is 514 g/mol. The van der Waals surface area contributed by atoms with Crippen molar-refractivity contribution >= 4 is 73.9 Å². The summed E-state index contributed by atoms with van der Waals surface area (Å²) in [5.74, 6) is 0.469. The summed E-state index contributed by atoms with van der Waals surface area (Å²) in [7, 11) is -3.78. The molecule has 0 bridgehead atoms. The number of carbonyl (C=O) groups excluding carboxylic acids is 1. The van der Waals surface area contributed by atoms with Crippen LogP contribution in [0.15, 0.2) is 71.6 Å². The number of halogens is 3. The number of rotatable bonds is 8. The summed E-state index contributed by atoms with van der Waals surface area (Å²) in [4.78, 5) is 12.2. The van der Waals surface area contributed by atoms with Gasteiger partial charge in [0.25, 0.3) is 10.0 Å². The van der Waals surface area contributed by atoms with Crippen LogP contribution in [-0.2, 0) is 20.6 Å². The van der Waals surface area contributed by atoms with E-state index in [9.17, 15) is 13.2 Å². The summed E-state index contributed by atoms with van der Waals surface area (Å²) in [6.07, 6.45) is 0. The van der Waals surface area contributed by atoms with E-state index >= 15 is 0 Å². The molecule has 5 nitrogen and oxygen atoms in total. The molecule has 3 aromatic rings. The Morgan fingerprint density at radius 1 is 0.871 bits per heavy atom. The Morgan fingerprint density at radius 2 is 1.52 bits per heavy atom. The van der Waals surface area contributed by atoms with Crippen molar-refractivity contribution in [2.24, 2.45) is 0 Å². The number of anilines is 2. The molecule has 0 atom stereocenters. The Kier molecular flexibility index (Phi) is 8.13. The number of benzene rings is 3. The summed E-state index contributed by atoms with van der Waals surface area (Å²) in [6.45, 7) is 0. The predicted molar refractivity (Wildman–Crippen MR) is 130 cm³/mol. The molecule has 10 heteroatoms. The van der Waals surface area contributed by atoms with Gasteiger partial charge < -0.3 is 5.32 Å². The third kappa shape index (κ3) is 6.79. The zero-order valence-corrected chi connectivity index (χ0v) is 19.8. The van der Waals surface area contributed by atoms with Crippen LogP contribution in [0.4, 0.5) is 11.4 Å². The van der Waals surface area contributed by atoms with E-state index in [4.69, 9.17) is 34.8 Å². The first-order valence-corrected chi connectivity index (χ1v) is 12.7. The molecular weight excluding hydrogens is 499 g/mol. The maximum Gasteiger partial charge on any atom is 0.261 e. The third-order valence-corrected chi connectivity index (χ3v) is 7.37. The van der Waals surface area contributed by atoms with Crippen LogP contribution >= 0.6 is 46.6 Å². The molecule has 0 aliphatic rings. The summed E-state index contributed by atoms with van der Waals surface area (Å²) in [6, 6.07) is 17.6. The van der Waals surface area contributed by atoms with Gasteiger partial charge in [0.2, 0.25) is 5.91 Å². The third-order valence-electron chi connectivity index (χ3n) is 4.07. The molecule has 0 saturated carbocycles. The highest BCUT2D eigenvalue weighted by Gasteiger charge is 2.15. The van der Waals surface area contributed by atoms with Gasteiger partial charge in [0, 0.05) is 26.5 Å². The fraction of sp³-hybridized carbons (Fsp3) is 0.0952. The van der Waals surface area contributed by atoms with E-state index in [0.717, 1.165) is 5.56 Å². The molecule has 0 aliphatic carbocycles. The first-order chi connectivity index (χ1) is 14.7. The second-order valence-electron chi connectivity index (χ2n) is 6.38. The van der Waals surface area contributed by atoms with Gasteiger partial charge in [-0.1, -0.05) is 46.9 Å². The highest BCUT2D eigenvalue weighted by Crippen LogP contribution is 2.28. The molecule has 3 rings (SSSR count). The first-order valence-electron chi connectivity index (χ1n) is 8.93. The largest absolute Gasteiger partial charge is 0.325 e. The van der Waals surface area contributed by atoms with Crippen molar-refractivity contribution < 1.29 is 13.2 Å².